The van der Waals surface area contributed by atoms with Gasteiger partial charge >= 0.3 is 0 Å². The molecule has 0 amide bonds. The first-order chi connectivity index (χ1) is 16.7. The van der Waals surface area contributed by atoms with Crippen LogP contribution < -0.4 is 15.4 Å². The van der Waals surface area contributed by atoms with Gasteiger partial charge in [0.05, 0.1) is 10.7 Å². The summed E-state index contributed by atoms with van der Waals surface area (Å²) in [5.74, 6) is 2.76. The van der Waals surface area contributed by atoms with Crippen LogP contribution in [0.3, 0.4) is 0 Å². The van der Waals surface area contributed by atoms with Crippen LogP contribution in [0.1, 0.15) is 68.9 Å². The number of ether oxygens (including phenoxy) is 1. The largest absolute Gasteiger partial charge is 0.496 e. The van der Waals surface area contributed by atoms with E-state index in [1.54, 1.807) is 7.11 Å². The lowest BCUT2D eigenvalue weighted by molar-refractivity contribution is 0.261. The zero-order valence-electron chi connectivity index (χ0n) is 21.2. The van der Waals surface area contributed by atoms with Gasteiger partial charge in [0.15, 0.2) is 0 Å². The Labute approximate surface area is 222 Å². The highest BCUT2D eigenvalue weighted by Crippen LogP contribution is 2.28. The van der Waals surface area contributed by atoms with Crippen LogP contribution in [-0.2, 0) is 12.8 Å². The number of aryl methyl sites for hydroxylation is 2. The second kappa shape index (κ2) is 16.5. The first-order valence-electron chi connectivity index (χ1n) is 13.5. The van der Waals surface area contributed by atoms with Crippen LogP contribution in [0.4, 0.5) is 0 Å². The maximum atomic E-state index is 5.35. The number of nitrogens with one attached hydrogen (secondary N) is 2. The SMILES string of the molecule is COc1ccc(CCCCNCC2CCC(CNCCCCCc3ccccc3)CC2)cc1[131I]. The summed E-state index contributed by atoms with van der Waals surface area (Å²) in [5.41, 5.74) is 2.90. The van der Waals surface area contributed by atoms with Crippen molar-refractivity contribution < 1.29 is 4.74 Å². The Morgan fingerprint density at radius 3 is 1.94 bits per heavy atom. The number of hydrogen-bond acceptors (Lipinski definition) is 3. The second-order valence-electron chi connectivity index (χ2n) is 10.0. The number of hydrogen-bond donors (Lipinski definition) is 2. The summed E-state index contributed by atoms with van der Waals surface area (Å²) in [6.07, 6.45) is 14.5. The molecule has 34 heavy (non-hydrogen) atoms. The fraction of sp³-hybridized carbons (Fsp3) is 0.600. The van der Waals surface area contributed by atoms with Crippen LogP contribution in [0.2, 0.25) is 0 Å². The van der Waals surface area contributed by atoms with Crippen molar-refractivity contribution in [2.45, 2.75) is 70.6 Å². The molecule has 1 fully saturated rings. The fourth-order valence-electron chi connectivity index (χ4n) is 5.10. The van der Waals surface area contributed by atoms with Gasteiger partial charge in [0.25, 0.3) is 0 Å². The van der Waals surface area contributed by atoms with Crippen molar-refractivity contribution in [2.24, 2.45) is 11.8 Å². The molecule has 0 heterocycles. The highest BCUT2D eigenvalue weighted by atomic mass is 131. The summed E-state index contributed by atoms with van der Waals surface area (Å²) >= 11 is 2.36. The first-order valence-corrected chi connectivity index (χ1v) is 14.6. The summed E-state index contributed by atoms with van der Waals surface area (Å²) in [4.78, 5) is 0. The average molecular weight is 581 g/mol. The van der Waals surface area contributed by atoms with Gasteiger partial charge in [-0.05, 0) is 148 Å². The molecule has 188 valence electrons. The molecule has 3 rings (SSSR count). The van der Waals surface area contributed by atoms with Crippen LogP contribution in [0.25, 0.3) is 0 Å². The second-order valence-corrected chi connectivity index (χ2v) is 11.2. The van der Waals surface area contributed by atoms with Crippen molar-refractivity contribution in [3.05, 3.63) is 63.2 Å². The molecule has 0 saturated heterocycles. The van der Waals surface area contributed by atoms with E-state index in [4.69, 9.17) is 4.74 Å². The third-order valence-electron chi connectivity index (χ3n) is 7.28. The first kappa shape index (κ1) is 27.5. The van der Waals surface area contributed by atoms with Gasteiger partial charge in [0.2, 0.25) is 0 Å². The Kier molecular flexibility index (Phi) is 13.4. The zero-order valence-corrected chi connectivity index (χ0v) is 23.3. The highest BCUT2D eigenvalue weighted by molar-refractivity contribution is 14.1. The molecule has 0 radical (unpaired) electrons. The average Bonchev–Trinajstić information content (AvgIpc) is 2.87. The number of unbranched alkanes of at least 4 members (excludes halogenated alkanes) is 3. The molecule has 1 aliphatic carbocycles. The molecule has 0 bridgehead atoms. The van der Waals surface area contributed by atoms with Crippen molar-refractivity contribution in [2.75, 3.05) is 33.3 Å². The monoisotopic (exact) mass is 580 g/mol. The number of halogens is 1. The van der Waals surface area contributed by atoms with Gasteiger partial charge in [0.1, 0.15) is 5.75 Å². The lowest BCUT2D eigenvalue weighted by Crippen LogP contribution is -2.31. The molecule has 1 saturated carbocycles. The normalized spacial score (nSPS) is 18.2. The standard InChI is InChI=1S/C30H45IN2O/c1-34-30-19-18-26(22-29(30)31)13-7-9-21-33-24-28-16-14-27(15-17-28)23-32-20-8-3-6-12-25-10-4-2-5-11-25/h2,4-5,10-11,18-19,22,27-28,32-33H,3,6-9,12-17,20-21,23-24H2,1H3/i31+4. The Morgan fingerprint density at radius 1 is 0.735 bits per heavy atom. The highest BCUT2D eigenvalue weighted by Gasteiger charge is 2.20. The zero-order chi connectivity index (χ0) is 23.8. The molecule has 2 N–H and O–H groups in total. The molecule has 0 unspecified atom stereocenters. The van der Waals surface area contributed by atoms with Gasteiger partial charge in [-0.2, -0.15) is 0 Å². The van der Waals surface area contributed by atoms with Gasteiger partial charge < -0.3 is 15.4 Å². The summed E-state index contributed by atoms with van der Waals surface area (Å²) in [5, 5.41) is 7.47. The quantitative estimate of drug-likeness (QED) is 0.165. The maximum absolute atomic E-state index is 5.35. The molecule has 2 aromatic carbocycles. The molecule has 0 spiro atoms. The minimum absolute atomic E-state index is 0.886. The lowest BCUT2D eigenvalue weighted by Gasteiger charge is -2.29. The molecule has 3 nitrogen and oxygen atoms in total. The smallest absolute Gasteiger partial charge is 0.132 e. The molecule has 4 heteroatoms. The van der Waals surface area contributed by atoms with E-state index in [0.29, 0.717) is 0 Å². The van der Waals surface area contributed by atoms with E-state index in [1.807, 2.05) is 0 Å². The third-order valence-corrected chi connectivity index (χ3v) is 8.12. The topological polar surface area (TPSA) is 33.3 Å². The molecule has 0 atom stereocenters. The van der Waals surface area contributed by atoms with Crippen molar-refractivity contribution in [3.8, 4) is 5.75 Å². The van der Waals surface area contributed by atoms with Crippen LogP contribution in [0.15, 0.2) is 48.5 Å². The Hall–Kier alpha value is -1.11. The van der Waals surface area contributed by atoms with Crippen LogP contribution in [0.5, 0.6) is 5.75 Å². The lowest BCUT2D eigenvalue weighted by atomic mass is 9.82. The number of rotatable bonds is 16. The maximum Gasteiger partial charge on any atom is 0.132 e. The van der Waals surface area contributed by atoms with Crippen molar-refractivity contribution in [3.63, 3.8) is 0 Å². The van der Waals surface area contributed by atoms with Crippen LogP contribution >= 0.6 is 22.6 Å². The third kappa shape index (κ3) is 10.7. The molecule has 0 aliphatic heterocycles. The molecule has 1 aliphatic rings. The van der Waals surface area contributed by atoms with E-state index in [9.17, 15) is 0 Å². The van der Waals surface area contributed by atoms with Crippen molar-refractivity contribution in [1.82, 2.24) is 10.6 Å². The predicted molar refractivity (Wildman–Crippen MR) is 154 cm³/mol. The fourth-order valence-corrected chi connectivity index (χ4v) is 5.90. The minimum atomic E-state index is 0.886. The van der Waals surface area contributed by atoms with E-state index >= 15 is 0 Å². The van der Waals surface area contributed by atoms with Gasteiger partial charge in [-0.15, -0.1) is 0 Å². The van der Waals surface area contributed by atoms with E-state index < -0.39 is 0 Å². The Bertz CT molecular complexity index is 790. The summed E-state index contributed by atoms with van der Waals surface area (Å²) in [7, 11) is 1.74. The Morgan fingerprint density at radius 2 is 1.32 bits per heavy atom. The van der Waals surface area contributed by atoms with Crippen molar-refractivity contribution >= 4 is 22.6 Å². The summed E-state index contributed by atoms with van der Waals surface area (Å²) in [6.45, 7) is 4.77. The molecular formula is C30H45IN2O. The van der Waals surface area contributed by atoms with Crippen LogP contribution in [-0.4, -0.2) is 33.3 Å². The molecule has 0 aromatic heterocycles. The molecular weight excluding hydrogens is 535 g/mol. The molecule has 2 aromatic rings. The van der Waals surface area contributed by atoms with Gasteiger partial charge in [0, 0.05) is 0 Å². The van der Waals surface area contributed by atoms with Crippen molar-refractivity contribution in [1.29, 1.82) is 0 Å². The number of benzene rings is 2. The Balaban J connectivity index is 1.12. The summed E-state index contributed by atoms with van der Waals surface area (Å²) < 4.78 is 6.56. The van der Waals surface area contributed by atoms with Gasteiger partial charge in [-0.3, -0.25) is 0 Å². The van der Waals surface area contributed by atoms with Gasteiger partial charge in [-0.1, -0.05) is 42.8 Å². The van der Waals surface area contributed by atoms with E-state index in [2.05, 4.69) is 81.8 Å². The van der Waals surface area contributed by atoms with E-state index in [0.717, 1.165) is 30.6 Å². The van der Waals surface area contributed by atoms with E-state index in [-0.39, 0.29) is 0 Å². The predicted octanol–water partition coefficient (Wildman–Crippen LogP) is 7.02. The number of methoxy groups -OCH3 is 1. The van der Waals surface area contributed by atoms with Crippen LogP contribution in [0, 0.1) is 15.4 Å². The van der Waals surface area contributed by atoms with Gasteiger partial charge in [-0.25, -0.2) is 0 Å². The summed E-state index contributed by atoms with van der Waals surface area (Å²) in [6, 6.07) is 17.4. The van der Waals surface area contributed by atoms with E-state index in [1.165, 1.54) is 98.5 Å². The minimum Gasteiger partial charge on any atom is -0.496 e.